The molecule has 0 radical (unpaired) electrons. The number of hydrogen-bond acceptors (Lipinski definition) is 7. The summed E-state index contributed by atoms with van der Waals surface area (Å²) >= 11 is 0. The number of nitro groups is 1. The van der Waals surface area contributed by atoms with E-state index in [-0.39, 0.29) is 30.1 Å². The number of nitro benzene ring substituents is 1. The number of nitrogens with zero attached hydrogens (tertiary/aromatic N) is 2. The lowest BCUT2D eigenvalue weighted by Crippen LogP contribution is -2.27. The fourth-order valence-corrected chi connectivity index (χ4v) is 3.16. The van der Waals surface area contributed by atoms with Crippen LogP contribution in [0, 0.1) is 16.0 Å². The molecule has 0 N–H and O–H groups in total. The van der Waals surface area contributed by atoms with E-state index in [1.54, 1.807) is 24.3 Å². The zero-order valence-corrected chi connectivity index (χ0v) is 16.3. The number of ketones is 1. The molecule has 9 nitrogen and oxygen atoms in total. The topological polar surface area (TPSA) is 116 Å². The number of rotatable bonds is 8. The average molecular weight is 412 g/mol. The van der Waals surface area contributed by atoms with Crippen LogP contribution in [0.1, 0.15) is 23.7 Å². The van der Waals surface area contributed by atoms with Crippen LogP contribution >= 0.6 is 0 Å². The van der Waals surface area contributed by atoms with Gasteiger partial charge in [-0.05, 0) is 31.2 Å². The highest BCUT2D eigenvalue weighted by atomic mass is 16.6. The second kappa shape index (κ2) is 9.17. The summed E-state index contributed by atoms with van der Waals surface area (Å²) in [6.07, 6.45) is -0.0228. The van der Waals surface area contributed by atoms with Gasteiger partial charge < -0.3 is 14.4 Å². The zero-order chi connectivity index (χ0) is 21.7. The summed E-state index contributed by atoms with van der Waals surface area (Å²) in [6, 6.07) is 12.1. The minimum absolute atomic E-state index is 0.0228. The number of amides is 1. The summed E-state index contributed by atoms with van der Waals surface area (Å²) in [5, 5.41) is 10.7. The van der Waals surface area contributed by atoms with Crippen molar-refractivity contribution in [1.82, 2.24) is 0 Å². The summed E-state index contributed by atoms with van der Waals surface area (Å²) in [7, 11) is 0. The van der Waals surface area contributed by atoms with E-state index in [0.29, 0.717) is 18.0 Å². The molecule has 1 heterocycles. The SMILES string of the molecule is CCOc1ccccc1N1C[C@@H](C(=O)OCC(=O)c2ccc([N+](=O)[O-])cc2)CC1=O. The predicted molar refractivity (Wildman–Crippen MR) is 106 cm³/mol. The third-order valence-electron chi connectivity index (χ3n) is 4.66. The molecule has 0 aromatic heterocycles. The summed E-state index contributed by atoms with van der Waals surface area (Å²) in [5.74, 6) is -1.51. The number of esters is 1. The van der Waals surface area contributed by atoms with Crippen LogP contribution in [0.5, 0.6) is 5.75 Å². The first-order valence-corrected chi connectivity index (χ1v) is 9.37. The maximum Gasteiger partial charge on any atom is 0.311 e. The Balaban J connectivity index is 1.59. The standard InChI is InChI=1S/C21H20N2O7/c1-2-29-19-6-4-3-5-17(19)22-12-15(11-20(22)25)21(26)30-13-18(24)14-7-9-16(10-8-14)23(27)28/h3-10,15H,2,11-13H2,1H3/t15-/m0/s1. The van der Waals surface area contributed by atoms with Gasteiger partial charge in [-0.2, -0.15) is 0 Å². The Kier molecular flexibility index (Phi) is 6.41. The van der Waals surface area contributed by atoms with Crippen molar-refractivity contribution in [3.05, 3.63) is 64.2 Å². The fourth-order valence-electron chi connectivity index (χ4n) is 3.16. The number of Topliss-reactive ketones (excluding diaryl/α,β-unsaturated/α-hetero) is 1. The number of non-ortho nitro benzene ring substituents is 1. The Bertz CT molecular complexity index is 972. The number of para-hydroxylation sites is 2. The Labute approximate surface area is 172 Å². The van der Waals surface area contributed by atoms with Gasteiger partial charge in [0, 0.05) is 30.7 Å². The number of hydrogen-bond donors (Lipinski definition) is 0. The Morgan fingerprint density at radius 2 is 1.87 bits per heavy atom. The van der Waals surface area contributed by atoms with Gasteiger partial charge in [0.1, 0.15) is 5.75 Å². The molecule has 1 saturated heterocycles. The maximum absolute atomic E-state index is 12.4. The van der Waals surface area contributed by atoms with Crippen LogP contribution in [-0.2, 0) is 14.3 Å². The van der Waals surface area contributed by atoms with Crippen molar-refractivity contribution in [3.8, 4) is 5.75 Å². The molecule has 1 aliphatic rings. The van der Waals surface area contributed by atoms with Gasteiger partial charge >= 0.3 is 5.97 Å². The molecule has 0 unspecified atom stereocenters. The van der Waals surface area contributed by atoms with Gasteiger partial charge in [0.2, 0.25) is 5.91 Å². The van der Waals surface area contributed by atoms with Gasteiger partial charge in [-0.25, -0.2) is 0 Å². The van der Waals surface area contributed by atoms with Crippen LogP contribution in [0.15, 0.2) is 48.5 Å². The highest BCUT2D eigenvalue weighted by molar-refractivity contribution is 6.01. The van der Waals surface area contributed by atoms with Gasteiger partial charge in [-0.3, -0.25) is 24.5 Å². The molecule has 0 spiro atoms. The molecular formula is C21H20N2O7. The average Bonchev–Trinajstić information content (AvgIpc) is 3.14. The maximum atomic E-state index is 12.4. The molecule has 0 bridgehead atoms. The summed E-state index contributed by atoms with van der Waals surface area (Å²) in [4.78, 5) is 48.6. The third kappa shape index (κ3) is 4.62. The summed E-state index contributed by atoms with van der Waals surface area (Å²) in [6.45, 7) is 1.91. The molecule has 3 rings (SSSR count). The minimum atomic E-state index is -0.697. The molecule has 1 amide bonds. The van der Waals surface area contributed by atoms with E-state index in [1.165, 1.54) is 29.2 Å². The third-order valence-corrected chi connectivity index (χ3v) is 4.66. The van der Waals surface area contributed by atoms with Gasteiger partial charge in [-0.1, -0.05) is 12.1 Å². The first-order chi connectivity index (χ1) is 14.4. The van der Waals surface area contributed by atoms with Gasteiger partial charge in [0.05, 0.1) is 23.1 Å². The smallest absolute Gasteiger partial charge is 0.311 e. The molecule has 1 atom stereocenters. The molecule has 2 aromatic rings. The first-order valence-electron chi connectivity index (χ1n) is 9.37. The molecule has 30 heavy (non-hydrogen) atoms. The van der Waals surface area contributed by atoms with Gasteiger partial charge in [0.15, 0.2) is 12.4 Å². The second-order valence-electron chi connectivity index (χ2n) is 6.64. The molecule has 0 saturated carbocycles. The van der Waals surface area contributed by atoms with Crippen LogP contribution < -0.4 is 9.64 Å². The first kappa shape index (κ1) is 21.0. The lowest BCUT2D eigenvalue weighted by atomic mass is 10.1. The van der Waals surface area contributed by atoms with E-state index >= 15 is 0 Å². The Hall–Kier alpha value is -3.75. The highest BCUT2D eigenvalue weighted by Crippen LogP contribution is 2.33. The number of carbonyl (C=O) groups is 3. The van der Waals surface area contributed by atoms with E-state index in [2.05, 4.69) is 0 Å². The molecule has 0 aliphatic carbocycles. The molecule has 2 aromatic carbocycles. The van der Waals surface area contributed by atoms with Crippen molar-refractivity contribution in [3.63, 3.8) is 0 Å². The van der Waals surface area contributed by atoms with E-state index < -0.39 is 29.2 Å². The number of carbonyl (C=O) groups excluding carboxylic acids is 3. The van der Waals surface area contributed by atoms with Crippen LogP contribution in [0.4, 0.5) is 11.4 Å². The van der Waals surface area contributed by atoms with E-state index in [1.807, 2.05) is 6.92 Å². The summed E-state index contributed by atoms with van der Waals surface area (Å²) < 4.78 is 10.6. The molecule has 1 fully saturated rings. The fraction of sp³-hybridized carbons (Fsp3) is 0.286. The lowest BCUT2D eigenvalue weighted by molar-refractivity contribution is -0.384. The predicted octanol–water partition coefficient (Wildman–Crippen LogP) is 2.77. The molecule has 156 valence electrons. The van der Waals surface area contributed by atoms with Gasteiger partial charge in [0.25, 0.3) is 5.69 Å². The highest BCUT2D eigenvalue weighted by Gasteiger charge is 2.37. The van der Waals surface area contributed by atoms with Crippen LogP contribution in [0.25, 0.3) is 0 Å². The van der Waals surface area contributed by atoms with Crippen LogP contribution in [0.2, 0.25) is 0 Å². The number of anilines is 1. The van der Waals surface area contributed by atoms with Crippen LogP contribution in [-0.4, -0.2) is 42.3 Å². The van der Waals surface area contributed by atoms with E-state index in [4.69, 9.17) is 9.47 Å². The van der Waals surface area contributed by atoms with Crippen molar-refractivity contribution >= 4 is 29.0 Å². The van der Waals surface area contributed by atoms with E-state index in [0.717, 1.165) is 0 Å². The lowest BCUT2D eigenvalue weighted by Gasteiger charge is -2.19. The Morgan fingerprint density at radius 3 is 2.53 bits per heavy atom. The normalized spacial score (nSPS) is 15.7. The van der Waals surface area contributed by atoms with Crippen molar-refractivity contribution in [2.45, 2.75) is 13.3 Å². The number of ether oxygens (including phenoxy) is 2. The van der Waals surface area contributed by atoms with Crippen molar-refractivity contribution in [2.24, 2.45) is 5.92 Å². The Morgan fingerprint density at radius 1 is 1.17 bits per heavy atom. The van der Waals surface area contributed by atoms with Crippen molar-refractivity contribution < 1.29 is 28.8 Å². The van der Waals surface area contributed by atoms with Crippen LogP contribution in [0.3, 0.4) is 0 Å². The van der Waals surface area contributed by atoms with Crippen molar-refractivity contribution in [1.29, 1.82) is 0 Å². The van der Waals surface area contributed by atoms with Crippen molar-refractivity contribution in [2.75, 3.05) is 24.7 Å². The summed E-state index contributed by atoms with van der Waals surface area (Å²) in [5.41, 5.74) is 0.644. The molecular weight excluding hydrogens is 392 g/mol. The van der Waals surface area contributed by atoms with Gasteiger partial charge in [-0.15, -0.1) is 0 Å². The monoisotopic (exact) mass is 412 g/mol. The quantitative estimate of drug-likeness (QED) is 0.283. The zero-order valence-electron chi connectivity index (χ0n) is 16.3. The number of benzene rings is 2. The second-order valence-corrected chi connectivity index (χ2v) is 6.64. The minimum Gasteiger partial charge on any atom is -0.492 e. The van der Waals surface area contributed by atoms with E-state index in [9.17, 15) is 24.5 Å². The largest absolute Gasteiger partial charge is 0.492 e. The molecule has 1 aliphatic heterocycles. The molecule has 9 heteroatoms.